The molecule has 0 radical (unpaired) electrons. The Labute approximate surface area is 189 Å². The Kier molecular flexibility index (Phi) is 9.49. The molecule has 29 heavy (non-hydrogen) atoms. The van der Waals surface area contributed by atoms with Gasteiger partial charge in [0.1, 0.15) is 5.75 Å². The summed E-state index contributed by atoms with van der Waals surface area (Å²) in [7, 11) is 3.47. The van der Waals surface area contributed by atoms with Crippen LogP contribution in [-0.2, 0) is 12.8 Å². The topological polar surface area (TPSA) is 63.5 Å². The summed E-state index contributed by atoms with van der Waals surface area (Å²) in [5, 5.41) is 11.1. The SMILES string of the molecule is CN=C(NCCc1ccc(OC)cc1)NCCc1cnn(-c2ccccc2)c1.I. The van der Waals surface area contributed by atoms with Gasteiger partial charge >= 0.3 is 0 Å². The zero-order valence-corrected chi connectivity index (χ0v) is 19.2. The van der Waals surface area contributed by atoms with Gasteiger partial charge in [-0.15, -0.1) is 24.0 Å². The number of ether oxygens (including phenoxy) is 1. The Morgan fingerprint density at radius 2 is 1.62 bits per heavy atom. The third-order valence-corrected chi connectivity index (χ3v) is 4.45. The second-order valence-electron chi connectivity index (χ2n) is 6.40. The molecule has 0 bridgehead atoms. The van der Waals surface area contributed by atoms with Crippen LogP contribution in [0.2, 0.25) is 0 Å². The van der Waals surface area contributed by atoms with E-state index in [0.29, 0.717) is 0 Å². The van der Waals surface area contributed by atoms with Gasteiger partial charge in [-0.1, -0.05) is 30.3 Å². The monoisotopic (exact) mass is 505 g/mol. The van der Waals surface area contributed by atoms with E-state index in [0.717, 1.165) is 43.3 Å². The van der Waals surface area contributed by atoms with Crippen molar-refractivity contribution in [1.29, 1.82) is 0 Å². The second kappa shape index (κ2) is 12.1. The molecule has 3 rings (SSSR count). The molecule has 0 saturated carbocycles. The Morgan fingerprint density at radius 1 is 0.966 bits per heavy atom. The first-order valence-corrected chi connectivity index (χ1v) is 9.45. The van der Waals surface area contributed by atoms with Gasteiger partial charge in [-0.2, -0.15) is 5.10 Å². The second-order valence-corrected chi connectivity index (χ2v) is 6.40. The molecule has 0 unspecified atom stereocenters. The van der Waals surface area contributed by atoms with Crippen LogP contribution in [0.1, 0.15) is 11.1 Å². The van der Waals surface area contributed by atoms with Crippen LogP contribution in [0.25, 0.3) is 5.69 Å². The summed E-state index contributed by atoms with van der Waals surface area (Å²) in [6.07, 6.45) is 5.78. The zero-order chi connectivity index (χ0) is 19.6. The van der Waals surface area contributed by atoms with E-state index >= 15 is 0 Å². The summed E-state index contributed by atoms with van der Waals surface area (Å²) in [5.74, 6) is 1.69. The molecule has 0 amide bonds. The minimum absolute atomic E-state index is 0. The molecule has 1 aromatic heterocycles. The fraction of sp³-hybridized carbons (Fsp3) is 0.273. The lowest BCUT2D eigenvalue weighted by molar-refractivity contribution is 0.414. The van der Waals surface area contributed by atoms with Crippen LogP contribution in [0.5, 0.6) is 5.75 Å². The summed E-state index contributed by atoms with van der Waals surface area (Å²) >= 11 is 0. The number of hydrogen-bond donors (Lipinski definition) is 2. The van der Waals surface area contributed by atoms with E-state index in [2.05, 4.69) is 39.1 Å². The fourth-order valence-electron chi connectivity index (χ4n) is 2.87. The fourth-order valence-corrected chi connectivity index (χ4v) is 2.87. The average Bonchev–Trinajstić information content (AvgIpc) is 3.22. The van der Waals surface area contributed by atoms with Crippen LogP contribution < -0.4 is 15.4 Å². The van der Waals surface area contributed by atoms with E-state index < -0.39 is 0 Å². The van der Waals surface area contributed by atoms with Crippen molar-refractivity contribution >= 4 is 29.9 Å². The molecule has 7 heteroatoms. The van der Waals surface area contributed by atoms with E-state index in [-0.39, 0.29) is 24.0 Å². The van der Waals surface area contributed by atoms with E-state index in [1.165, 1.54) is 11.1 Å². The Bertz CT molecular complexity index is 878. The maximum Gasteiger partial charge on any atom is 0.190 e. The lowest BCUT2D eigenvalue weighted by Gasteiger charge is -2.11. The normalized spacial score (nSPS) is 10.9. The van der Waals surface area contributed by atoms with Crippen molar-refractivity contribution < 1.29 is 4.74 Å². The van der Waals surface area contributed by atoms with Gasteiger partial charge in [0.2, 0.25) is 0 Å². The largest absolute Gasteiger partial charge is 0.497 e. The average molecular weight is 505 g/mol. The van der Waals surface area contributed by atoms with Crippen LogP contribution in [0.3, 0.4) is 0 Å². The highest BCUT2D eigenvalue weighted by Crippen LogP contribution is 2.11. The van der Waals surface area contributed by atoms with Gasteiger partial charge < -0.3 is 15.4 Å². The van der Waals surface area contributed by atoms with Gasteiger partial charge in [0.15, 0.2) is 5.96 Å². The van der Waals surface area contributed by atoms with Crippen molar-refractivity contribution in [3.63, 3.8) is 0 Å². The minimum atomic E-state index is 0. The highest BCUT2D eigenvalue weighted by molar-refractivity contribution is 14.0. The predicted octanol–water partition coefficient (Wildman–Crippen LogP) is 3.45. The highest BCUT2D eigenvalue weighted by Gasteiger charge is 2.02. The first kappa shape index (κ1) is 22.7. The summed E-state index contributed by atoms with van der Waals surface area (Å²) in [6.45, 7) is 1.61. The summed E-state index contributed by atoms with van der Waals surface area (Å²) in [5.41, 5.74) is 3.51. The zero-order valence-electron chi connectivity index (χ0n) is 16.8. The van der Waals surface area contributed by atoms with Crippen LogP contribution >= 0.6 is 24.0 Å². The van der Waals surface area contributed by atoms with Crippen molar-refractivity contribution in [3.8, 4) is 11.4 Å². The van der Waals surface area contributed by atoms with Crippen molar-refractivity contribution in [2.75, 3.05) is 27.2 Å². The van der Waals surface area contributed by atoms with E-state index in [9.17, 15) is 0 Å². The molecule has 3 aromatic rings. The molecular weight excluding hydrogens is 477 g/mol. The third-order valence-electron chi connectivity index (χ3n) is 4.45. The Hall–Kier alpha value is -2.55. The third kappa shape index (κ3) is 7.08. The predicted molar refractivity (Wildman–Crippen MR) is 129 cm³/mol. The molecule has 2 aromatic carbocycles. The number of aromatic nitrogens is 2. The van der Waals surface area contributed by atoms with Crippen LogP contribution in [0.15, 0.2) is 72.0 Å². The lowest BCUT2D eigenvalue weighted by Crippen LogP contribution is -2.39. The molecule has 0 fully saturated rings. The molecular formula is C22H28IN5O. The van der Waals surface area contributed by atoms with Gasteiger partial charge in [-0.3, -0.25) is 4.99 Å². The molecule has 0 saturated heterocycles. The van der Waals surface area contributed by atoms with Gasteiger partial charge in [0.25, 0.3) is 0 Å². The molecule has 6 nitrogen and oxygen atoms in total. The molecule has 2 N–H and O–H groups in total. The number of rotatable bonds is 8. The smallest absolute Gasteiger partial charge is 0.190 e. The van der Waals surface area contributed by atoms with E-state index in [4.69, 9.17) is 4.74 Å². The summed E-state index contributed by atoms with van der Waals surface area (Å²) in [6, 6.07) is 18.3. The standard InChI is InChI=1S/C22H27N5O.HI/c1-23-22(24-14-12-18-8-10-21(28-2)11-9-18)25-15-13-19-16-26-27(17-19)20-6-4-3-5-7-20;/h3-11,16-17H,12-15H2,1-2H3,(H2,23,24,25);1H. The highest BCUT2D eigenvalue weighted by atomic mass is 127. The van der Waals surface area contributed by atoms with Crippen molar-refractivity contribution in [3.05, 3.63) is 78.1 Å². The number of para-hydroxylation sites is 1. The van der Waals surface area contributed by atoms with Crippen LogP contribution in [-0.4, -0.2) is 43.0 Å². The maximum atomic E-state index is 5.19. The van der Waals surface area contributed by atoms with Gasteiger partial charge in [0.05, 0.1) is 19.0 Å². The quantitative estimate of drug-likeness (QED) is 0.280. The minimum Gasteiger partial charge on any atom is -0.497 e. The molecule has 0 aliphatic carbocycles. The maximum absolute atomic E-state index is 5.19. The first-order valence-electron chi connectivity index (χ1n) is 9.45. The number of guanidine groups is 1. The van der Waals surface area contributed by atoms with E-state index in [1.807, 2.05) is 53.3 Å². The molecule has 0 spiro atoms. The van der Waals surface area contributed by atoms with Crippen LogP contribution in [0.4, 0.5) is 0 Å². The van der Waals surface area contributed by atoms with Gasteiger partial charge in [-0.05, 0) is 48.2 Å². The number of benzene rings is 2. The molecule has 0 atom stereocenters. The Balaban J connectivity index is 0.00000300. The number of halogens is 1. The summed E-state index contributed by atoms with van der Waals surface area (Å²) < 4.78 is 7.09. The van der Waals surface area contributed by atoms with Crippen molar-refractivity contribution in [1.82, 2.24) is 20.4 Å². The van der Waals surface area contributed by atoms with Crippen molar-refractivity contribution in [2.24, 2.45) is 4.99 Å². The number of aliphatic imine (C=N–C) groups is 1. The molecule has 0 aliphatic rings. The molecule has 154 valence electrons. The van der Waals surface area contributed by atoms with E-state index in [1.54, 1.807) is 14.2 Å². The molecule has 0 aliphatic heterocycles. The Morgan fingerprint density at radius 3 is 2.24 bits per heavy atom. The number of nitrogens with one attached hydrogen (secondary N) is 2. The van der Waals surface area contributed by atoms with Gasteiger partial charge in [-0.25, -0.2) is 4.68 Å². The molecule has 1 heterocycles. The summed E-state index contributed by atoms with van der Waals surface area (Å²) in [4.78, 5) is 4.28. The number of hydrogen-bond acceptors (Lipinski definition) is 3. The van der Waals surface area contributed by atoms with Crippen LogP contribution in [0, 0.1) is 0 Å². The lowest BCUT2D eigenvalue weighted by atomic mass is 10.1. The first-order chi connectivity index (χ1) is 13.8. The number of methoxy groups -OCH3 is 1. The van der Waals surface area contributed by atoms with Crippen molar-refractivity contribution in [2.45, 2.75) is 12.8 Å². The van der Waals surface area contributed by atoms with Gasteiger partial charge in [0, 0.05) is 26.3 Å². The number of nitrogens with zero attached hydrogens (tertiary/aromatic N) is 3.